The predicted octanol–water partition coefficient (Wildman–Crippen LogP) is 10.9. The lowest BCUT2D eigenvalue weighted by molar-refractivity contribution is 1.37. The maximum atomic E-state index is 4.84. The maximum absolute atomic E-state index is 4.84. The van der Waals surface area contributed by atoms with Crippen LogP contribution in [0.5, 0.6) is 0 Å². The molecule has 6 aromatic rings. The summed E-state index contributed by atoms with van der Waals surface area (Å²) in [5.41, 5.74) is 10.7. The Bertz CT molecular complexity index is 2020. The van der Waals surface area contributed by atoms with E-state index in [2.05, 4.69) is 146 Å². The first kappa shape index (κ1) is 27.6. The smallest absolute Gasteiger partial charge is 0.0709 e. The number of rotatable bonds is 8. The molecule has 2 heteroatoms. The summed E-state index contributed by atoms with van der Waals surface area (Å²) < 4.78 is 0. The van der Waals surface area contributed by atoms with Gasteiger partial charge in [0, 0.05) is 10.8 Å². The van der Waals surface area contributed by atoms with Gasteiger partial charge in [-0.25, -0.2) is 9.97 Å². The van der Waals surface area contributed by atoms with Gasteiger partial charge in [-0.15, -0.1) is 0 Å². The number of hydrogen-bond donors (Lipinski definition) is 0. The van der Waals surface area contributed by atoms with Crippen LogP contribution in [-0.4, -0.2) is 9.97 Å². The number of hydrogen-bond acceptors (Lipinski definition) is 2. The molecule has 0 fully saturated rings. The minimum absolute atomic E-state index is 0.927. The number of pyridine rings is 2. The molecule has 0 spiro atoms. The zero-order valence-electron chi connectivity index (χ0n) is 24.2. The lowest BCUT2D eigenvalue weighted by Crippen LogP contribution is -1.86. The molecule has 6 rings (SSSR count). The fourth-order valence-electron chi connectivity index (χ4n) is 5.02. The summed E-state index contributed by atoms with van der Waals surface area (Å²) in [5.74, 6) is 0. The van der Waals surface area contributed by atoms with E-state index in [1.54, 1.807) is 0 Å². The van der Waals surface area contributed by atoms with E-state index in [9.17, 15) is 0 Å². The molecule has 0 bridgehead atoms. The Hall–Kier alpha value is -5.60. The average Bonchev–Trinajstić information content (AvgIpc) is 3.07. The summed E-state index contributed by atoms with van der Waals surface area (Å²) in [6.07, 6.45) is 16.3. The van der Waals surface area contributed by atoms with Gasteiger partial charge in [0.15, 0.2) is 0 Å². The van der Waals surface area contributed by atoms with Crippen LogP contribution in [0, 0.1) is 0 Å². The Morgan fingerprint density at radius 1 is 0.581 bits per heavy atom. The van der Waals surface area contributed by atoms with Crippen LogP contribution in [0.3, 0.4) is 0 Å². The lowest BCUT2D eigenvalue weighted by atomic mass is 10.0. The monoisotopic (exact) mass is 552 g/mol. The molecule has 0 amide bonds. The van der Waals surface area contributed by atoms with Crippen molar-refractivity contribution in [2.45, 2.75) is 6.92 Å². The topological polar surface area (TPSA) is 25.8 Å². The van der Waals surface area contributed by atoms with Crippen molar-refractivity contribution in [3.05, 3.63) is 174 Å². The first-order valence-electron chi connectivity index (χ1n) is 14.5. The highest BCUT2D eigenvalue weighted by Gasteiger charge is 2.03. The molecule has 2 heterocycles. The van der Waals surface area contributed by atoms with Crippen molar-refractivity contribution in [3.8, 4) is 11.1 Å². The van der Waals surface area contributed by atoms with Crippen molar-refractivity contribution in [3.63, 3.8) is 0 Å². The third-order valence-electron chi connectivity index (χ3n) is 7.38. The van der Waals surface area contributed by atoms with Gasteiger partial charge in [0.2, 0.25) is 0 Å². The molecule has 2 nitrogen and oxygen atoms in total. The van der Waals surface area contributed by atoms with Crippen molar-refractivity contribution in [1.29, 1.82) is 0 Å². The Morgan fingerprint density at radius 3 is 1.79 bits per heavy atom. The van der Waals surface area contributed by atoms with Crippen molar-refractivity contribution in [1.82, 2.24) is 9.97 Å². The van der Waals surface area contributed by atoms with Crippen molar-refractivity contribution in [2.75, 3.05) is 0 Å². The lowest BCUT2D eigenvalue weighted by Gasteiger charge is -2.05. The number of fused-ring (bicyclic) bond motifs is 2. The molecule has 2 aromatic heterocycles. The first-order chi connectivity index (χ1) is 21.2. The van der Waals surface area contributed by atoms with Gasteiger partial charge in [0.05, 0.1) is 22.4 Å². The standard InChI is InChI=1S/C41H32N2/c1-3-5-9-32(4-2)34-20-26-40-36(28-34)18-24-38(42-40)22-16-30-12-14-31(15-13-30)17-23-39-25-19-37-29-35(21-27-41(37)43-39)33-10-7-6-8-11-33/h3-29H,2H2,1H3/b5-3-,22-16+,23-17+,32-9+. The summed E-state index contributed by atoms with van der Waals surface area (Å²) in [6, 6.07) is 40.1. The summed E-state index contributed by atoms with van der Waals surface area (Å²) in [4.78, 5) is 9.68. The fourth-order valence-corrected chi connectivity index (χ4v) is 5.02. The van der Waals surface area contributed by atoms with Crippen LogP contribution in [-0.2, 0) is 0 Å². The molecule has 0 radical (unpaired) electrons. The fraction of sp³-hybridized carbons (Fsp3) is 0.0244. The normalized spacial score (nSPS) is 12.3. The minimum Gasteiger partial charge on any atom is -0.248 e. The second-order valence-electron chi connectivity index (χ2n) is 10.3. The number of benzene rings is 4. The van der Waals surface area contributed by atoms with Gasteiger partial charge in [-0.05, 0) is 88.9 Å². The summed E-state index contributed by atoms with van der Waals surface area (Å²) in [5, 5.41) is 2.25. The molecule has 0 saturated carbocycles. The average molecular weight is 553 g/mol. The third-order valence-corrected chi connectivity index (χ3v) is 7.38. The highest BCUT2D eigenvalue weighted by Crippen LogP contribution is 2.25. The largest absolute Gasteiger partial charge is 0.248 e. The first-order valence-corrected chi connectivity index (χ1v) is 14.5. The Balaban J connectivity index is 1.12. The van der Waals surface area contributed by atoms with E-state index in [-0.39, 0.29) is 0 Å². The van der Waals surface area contributed by atoms with Gasteiger partial charge in [0.1, 0.15) is 0 Å². The Morgan fingerprint density at radius 2 is 1.19 bits per heavy atom. The quantitative estimate of drug-likeness (QED) is 0.176. The van der Waals surface area contributed by atoms with Gasteiger partial charge in [-0.3, -0.25) is 0 Å². The van der Waals surface area contributed by atoms with Crippen LogP contribution in [0.1, 0.15) is 35.0 Å². The summed E-state index contributed by atoms with van der Waals surface area (Å²) in [7, 11) is 0. The predicted molar refractivity (Wildman–Crippen MR) is 186 cm³/mol. The zero-order chi connectivity index (χ0) is 29.4. The Labute approximate surface area is 253 Å². The van der Waals surface area contributed by atoms with Crippen molar-refractivity contribution >= 4 is 51.7 Å². The van der Waals surface area contributed by atoms with Crippen LogP contribution >= 0.6 is 0 Å². The second kappa shape index (κ2) is 12.9. The van der Waals surface area contributed by atoms with Crippen LogP contribution in [0.15, 0.2) is 146 Å². The number of aromatic nitrogens is 2. The van der Waals surface area contributed by atoms with E-state index in [0.717, 1.165) is 55.5 Å². The van der Waals surface area contributed by atoms with Crippen molar-refractivity contribution < 1.29 is 0 Å². The molecule has 0 saturated heterocycles. The van der Waals surface area contributed by atoms with E-state index in [0.29, 0.717) is 0 Å². The summed E-state index contributed by atoms with van der Waals surface area (Å²) >= 11 is 0. The molecule has 0 atom stereocenters. The van der Waals surface area contributed by atoms with E-state index in [1.165, 1.54) is 11.1 Å². The Kier molecular flexibility index (Phi) is 8.29. The molecule has 0 aliphatic rings. The maximum Gasteiger partial charge on any atom is 0.0709 e. The molecule has 0 aliphatic heterocycles. The number of nitrogens with zero attached hydrogens (tertiary/aromatic N) is 2. The van der Waals surface area contributed by atoms with Gasteiger partial charge in [-0.1, -0.05) is 122 Å². The molecule has 4 aromatic carbocycles. The molecule has 0 N–H and O–H groups in total. The van der Waals surface area contributed by atoms with E-state index in [4.69, 9.17) is 9.97 Å². The second-order valence-corrected chi connectivity index (χ2v) is 10.3. The SMILES string of the molecule is C=C/C(=C\C=C/C)c1ccc2nc(/C=C/c3ccc(/C=C/c4ccc5cc(-c6ccccc6)ccc5n4)cc3)ccc2c1. The van der Waals surface area contributed by atoms with Crippen LogP contribution in [0.4, 0.5) is 0 Å². The molecular weight excluding hydrogens is 520 g/mol. The van der Waals surface area contributed by atoms with E-state index < -0.39 is 0 Å². The molecule has 0 unspecified atom stereocenters. The molecular formula is C41H32N2. The van der Waals surface area contributed by atoms with Gasteiger partial charge in [-0.2, -0.15) is 0 Å². The highest BCUT2D eigenvalue weighted by molar-refractivity contribution is 5.88. The molecule has 43 heavy (non-hydrogen) atoms. The van der Waals surface area contributed by atoms with Crippen LogP contribution in [0.25, 0.3) is 62.8 Å². The molecule has 0 aliphatic carbocycles. The number of allylic oxidation sites excluding steroid dienone is 5. The van der Waals surface area contributed by atoms with Gasteiger partial charge < -0.3 is 0 Å². The van der Waals surface area contributed by atoms with E-state index >= 15 is 0 Å². The summed E-state index contributed by atoms with van der Waals surface area (Å²) in [6.45, 7) is 5.96. The zero-order valence-corrected chi connectivity index (χ0v) is 24.2. The molecule has 206 valence electrons. The van der Waals surface area contributed by atoms with Gasteiger partial charge >= 0.3 is 0 Å². The van der Waals surface area contributed by atoms with Gasteiger partial charge in [0.25, 0.3) is 0 Å². The third kappa shape index (κ3) is 6.66. The minimum atomic E-state index is 0.927. The highest BCUT2D eigenvalue weighted by atomic mass is 14.7. The van der Waals surface area contributed by atoms with Crippen LogP contribution < -0.4 is 0 Å². The van der Waals surface area contributed by atoms with E-state index in [1.807, 2.05) is 31.2 Å². The van der Waals surface area contributed by atoms with Crippen LogP contribution in [0.2, 0.25) is 0 Å². The van der Waals surface area contributed by atoms with Crippen molar-refractivity contribution in [2.24, 2.45) is 0 Å².